The van der Waals surface area contributed by atoms with E-state index in [1.165, 1.54) is 36.0 Å². The molecule has 2 aromatic carbocycles. The molecular weight excluding hydrogens is 346 g/mol. The van der Waals surface area contributed by atoms with Gasteiger partial charge in [-0.25, -0.2) is 4.79 Å². The quantitative estimate of drug-likeness (QED) is 0.853. The lowest BCUT2D eigenvalue weighted by Crippen LogP contribution is -2.63. The lowest BCUT2D eigenvalue weighted by molar-refractivity contribution is 0.0383. The first-order valence-corrected chi connectivity index (χ1v) is 10.5. The van der Waals surface area contributed by atoms with Gasteiger partial charge in [0.15, 0.2) is 0 Å². The molecule has 0 saturated carbocycles. The molecule has 2 aromatic rings. The van der Waals surface area contributed by atoms with Gasteiger partial charge in [-0.1, -0.05) is 36.4 Å². The van der Waals surface area contributed by atoms with E-state index in [0.717, 1.165) is 37.8 Å². The Bertz CT molecular complexity index is 786. The smallest absolute Gasteiger partial charge is 0.321 e. The number of piperidine rings is 1. The minimum absolute atomic E-state index is 0.0280. The maximum atomic E-state index is 12.5. The van der Waals surface area contributed by atoms with Crippen LogP contribution in [0.5, 0.6) is 0 Å². The fraction of sp³-hybridized carbons (Fsp3) is 0.458. The Morgan fingerprint density at radius 1 is 1.00 bits per heavy atom. The molecule has 2 fully saturated rings. The number of carbonyl (C=O) groups excluding carboxylic acids is 1. The summed E-state index contributed by atoms with van der Waals surface area (Å²) in [6.45, 7) is 8.14. The third-order valence-electron chi connectivity index (χ3n) is 6.16. The standard InChI is InChI=1S/C24H31N3O/c1-18-12-19(2)14-22(13-18)25-24(28)27-16-23(17-27)26-10-8-21(9-11-26)15-20-6-4-3-5-7-20/h3-7,12-14,21,23H,8-11,15-17H2,1-2H3,(H,25,28). The van der Waals surface area contributed by atoms with Crippen molar-refractivity contribution in [3.8, 4) is 0 Å². The van der Waals surface area contributed by atoms with Crippen molar-refractivity contribution >= 4 is 11.7 Å². The van der Waals surface area contributed by atoms with Crippen molar-refractivity contribution in [2.24, 2.45) is 5.92 Å². The summed E-state index contributed by atoms with van der Waals surface area (Å²) in [6, 6.07) is 17.6. The number of likely N-dealkylation sites (tertiary alicyclic amines) is 2. The van der Waals surface area contributed by atoms with Crippen LogP contribution in [0.1, 0.15) is 29.5 Å². The van der Waals surface area contributed by atoms with Crippen LogP contribution in [0.4, 0.5) is 10.5 Å². The Kier molecular flexibility index (Phi) is 5.67. The molecule has 2 aliphatic heterocycles. The van der Waals surface area contributed by atoms with Gasteiger partial charge in [0.2, 0.25) is 0 Å². The Hall–Kier alpha value is -2.33. The minimum atomic E-state index is 0.0280. The fourth-order valence-corrected chi connectivity index (χ4v) is 4.57. The molecule has 0 spiro atoms. The molecule has 0 radical (unpaired) electrons. The summed E-state index contributed by atoms with van der Waals surface area (Å²) >= 11 is 0. The number of amides is 2. The van der Waals surface area contributed by atoms with E-state index >= 15 is 0 Å². The summed E-state index contributed by atoms with van der Waals surface area (Å²) in [5.74, 6) is 0.794. The Labute approximate surface area is 168 Å². The molecule has 28 heavy (non-hydrogen) atoms. The SMILES string of the molecule is Cc1cc(C)cc(NC(=O)N2CC(N3CCC(Cc4ccccc4)CC3)C2)c1. The number of benzene rings is 2. The zero-order chi connectivity index (χ0) is 19.5. The van der Waals surface area contributed by atoms with Crippen molar-refractivity contribution in [3.05, 3.63) is 65.2 Å². The number of urea groups is 1. The highest BCUT2D eigenvalue weighted by Gasteiger charge is 2.36. The molecule has 4 nitrogen and oxygen atoms in total. The zero-order valence-electron chi connectivity index (χ0n) is 17.0. The van der Waals surface area contributed by atoms with Crippen LogP contribution in [0.3, 0.4) is 0 Å². The number of hydrogen-bond acceptors (Lipinski definition) is 2. The van der Waals surface area contributed by atoms with Crippen molar-refractivity contribution in [1.82, 2.24) is 9.80 Å². The highest BCUT2D eigenvalue weighted by Crippen LogP contribution is 2.26. The summed E-state index contributed by atoms with van der Waals surface area (Å²) < 4.78 is 0. The Morgan fingerprint density at radius 3 is 2.29 bits per heavy atom. The molecule has 2 heterocycles. The van der Waals surface area contributed by atoms with E-state index in [2.05, 4.69) is 60.5 Å². The first kappa shape index (κ1) is 19.0. The van der Waals surface area contributed by atoms with E-state index in [4.69, 9.17) is 0 Å². The number of aryl methyl sites for hydroxylation is 2. The topological polar surface area (TPSA) is 35.6 Å². The van der Waals surface area contributed by atoms with Crippen molar-refractivity contribution in [3.63, 3.8) is 0 Å². The summed E-state index contributed by atoms with van der Waals surface area (Å²) in [6.07, 6.45) is 3.73. The normalized spacial score (nSPS) is 18.7. The van der Waals surface area contributed by atoms with Gasteiger partial charge in [0, 0.05) is 24.8 Å². The number of carbonyl (C=O) groups is 1. The Morgan fingerprint density at radius 2 is 1.64 bits per heavy atom. The van der Waals surface area contributed by atoms with E-state index < -0.39 is 0 Å². The molecule has 0 atom stereocenters. The number of hydrogen-bond donors (Lipinski definition) is 1. The third kappa shape index (κ3) is 4.56. The van der Waals surface area contributed by atoms with Gasteiger partial charge in [-0.05, 0) is 80.9 Å². The second-order valence-corrected chi connectivity index (χ2v) is 8.53. The van der Waals surface area contributed by atoms with Gasteiger partial charge in [0.05, 0.1) is 0 Å². The average Bonchev–Trinajstić information content (AvgIpc) is 2.62. The number of nitrogens with zero attached hydrogens (tertiary/aromatic N) is 2. The summed E-state index contributed by atoms with van der Waals surface area (Å²) in [4.78, 5) is 17.0. The second-order valence-electron chi connectivity index (χ2n) is 8.53. The van der Waals surface area contributed by atoms with Gasteiger partial charge in [-0.3, -0.25) is 4.90 Å². The molecule has 0 unspecified atom stereocenters. The van der Waals surface area contributed by atoms with Crippen molar-refractivity contribution in [2.75, 3.05) is 31.5 Å². The van der Waals surface area contributed by atoms with Crippen LogP contribution in [0.25, 0.3) is 0 Å². The molecule has 1 N–H and O–H groups in total. The molecule has 4 rings (SSSR count). The average molecular weight is 378 g/mol. The predicted octanol–water partition coefficient (Wildman–Crippen LogP) is 4.47. The number of nitrogens with one attached hydrogen (secondary N) is 1. The van der Waals surface area contributed by atoms with Crippen molar-refractivity contribution in [2.45, 2.75) is 39.2 Å². The van der Waals surface area contributed by atoms with E-state index in [9.17, 15) is 4.79 Å². The van der Waals surface area contributed by atoms with Gasteiger partial charge in [0.1, 0.15) is 0 Å². The molecule has 0 aromatic heterocycles. The summed E-state index contributed by atoms with van der Waals surface area (Å²) in [7, 11) is 0. The van der Waals surface area contributed by atoms with Gasteiger partial charge in [0.25, 0.3) is 0 Å². The van der Waals surface area contributed by atoms with Crippen LogP contribution in [-0.4, -0.2) is 48.1 Å². The Balaban J connectivity index is 1.21. The van der Waals surface area contributed by atoms with Gasteiger partial charge < -0.3 is 10.2 Å². The predicted molar refractivity (Wildman–Crippen MR) is 115 cm³/mol. The van der Waals surface area contributed by atoms with E-state index in [0.29, 0.717) is 6.04 Å². The maximum absolute atomic E-state index is 12.5. The van der Waals surface area contributed by atoms with Crippen LogP contribution < -0.4 is 5.32 Å². The first-order chi connectivity index (χ1) is 13.6. The molecule has 2 amide bonds. The van der Waals surface area contributed by atoms with Crippen LogP contribution in [-0.2, 0) is 6.42 Å². The molecular formula is C24H31N3O. The highest BCUT2D eigenvalue weighted by molar-refractivity contribution is 5.90. The van der Waals surface area contributed by atoms with Crippen LogP contribution >= 0.6 is 0 Å². The summed E-state index contributed by atoms with van der Waals surface area (Å²) in [5, 5.41) is 3.05. The molecule has 0 aliphatic carbocycles. The van der Waals surface area contributed by atoms with Gasteiger partial charge in [-0.2, -0.15) is 0 Å². The monoisotopic (exact) mass is 377 g/mol. The molecule has 2 aliphatic rings. The lowest BCUT2D eigenvalue weighted by atomic mass is 9.89. The maximum Gasteiger partial charge on any atom is 0.321 e. The molecule has 148 valence electrons. The third-order valence-corrected chi connectivity index (χ3v) is 6.16. The highest BCUT2D eigenvalue weighted by atomic mass is 16.2. The largest absolute Gasteiger partial charge is 0.321 e. The molecule has 2 saturated heterocycles. The van der Waals surface area contributed by atoms with E-state index in [-0.39, 0.29) is 6.03 Å². The molecule has 0 bridgehead atoms. The first-order valence-electron chi connectivity index (χ1n) is 10.5. The van der Waals surface area contributed by atoms with Gasteiger partial charge in [-0.15, -0.1) is 0 Å². The van der Waals surface area contributed by atoms with Gasteiger partial charge >= 0.3 is 6.03 Å². The van der Waals surface area contributed by atoms with Crippen LogP contribution in [0.2, 0.25) is 0 Å². The van der Waals surface area contributed by atoms with Crippen molar-refractivity contribution in [1.29, 1.82) is 0 Å². The summed E-state index contributed by atoms with van der Waals surface area (Å²) in [5.41, 5.74) is 4.71. The van der Waals surface area contributed by atoms with Crippen molar-refractivity contribution < 1.29 is 4.79 Å². The fourth-order valence-electron chi connectivity index (χ4n) is 4.57. The molecule has 4 heteroatoms. The second kappa shape index (κ2) is 8.36. The number of anilines is 1. The van der Waals surface area contributed by atoms with E-state index in [1.807, 2.05) is 17.0 Å². The zero-order valence-corrected chi connectivity index (χ0v) is 17.0. The van der Waals surface area contributed by atoms with Crippen LogP contribution in [0, 0.1) is 19.8 Å². The van der Waals surface area contributed by atoms with E-state index in [1.54, 1.807) is 0 Å². The minimum Gasteiger partial charge on any atom is -0.321 e. The number of rotatable bonds is 4. The van der Waals surface area contributed by atoms with Crippen LogP contribution in [0.15, 0.2) is 48.5 Å². The lowest BCUT2D eigenvalue weighted by Gasteiger charge is -2.47.